The Kier molecular flexibility index (Phi) is 9.86. The maximum absolute atomic E-state index is 14.4. The van der Waals surface area contributed by atoms with Crippen molar-refractivity contribution < 1.29 is 13.6 Å². The Morgan fingerprint density at radius 2 is 1.76 bits per heavy atom. The number of carbonyl (C=O) groups is 1. The maximum Gasteiger partial charge on any atom is 0.182 e. The topological polar surface area (TPSA) is 65.8 Å². The van der Waals surface area contributed by atoms with E-state index in [1.165, 1.54) is 25.4 Å². The van der Waals surface area contributed by atoms with Crippen molar-refractivity contribution in [2.45, 2.75) is 47.5 Å². The second-order valence-corrected chi connectivity index (χ2v) is 7.85. The summed E-state index contributed by atoms with van der Waals surface area (Å²) >= 11 is 0. The molecule has 0 atom stereocenters. The first-order chi connectivity index (χ1) is 16.2. The highest BCUT2D eigenvalue weighted by Crippen LogP contribution is 2.25. The quantitative estimate of drug-likeness (QED) is 0.234. The number of aliphatic imine (C=N–C) groups is 2. The lowest BCUT2D eigenvalue weighted by atomic mass is 10.0. The largest absolute Gasteiger partial charge is 0.386 e. The Hall–Kier alpha value is -3.61. The molecular weight excluding hydrogens is 434 g/mol. The molecule has 0 spiro atoms. The van der Waals surface area contributed by atoms with Crippen molar-refractivity contribution in [1.29, 1.82) is 0 Å². The highest BCUT2D eigenvalue weighted by atomic mass is 19.2. The first-order valence-corrected chi connectivity index (χ1v) is 11.2. The fraction of sp³-hybridized carbons (Fsp3) is 0.296. The van der Waals surface area contributed by atoms with Gasteiger partial charge in [0.1, 0.15) is 0 Å². The number of hydrogen-bond acceptors (Lipinski definition) is 4. The molecule has 0 bridgehead atoms. The zero-order chi connectivity index (χ0) is 25.3. The Labute approximate surface area is 200 Å². The van der Waals surface area contributed by atoms with E-state index in [1.807, 2.05) is 39.0 Å². The van der Waals surface area contributed by atoms with Crippen molar-refractivity contribution in [3.63, 3.8) is 0 Å². The molecular formula is C27H32F2N4O. The van der Waals surface area contributed by atoms with Crippen LogP contribution in [-0.4, -0.2) is 24.4 Å². The second kappa shape index (κ2) is 12.6. The summed E-state index contributed by atoms with van der Waals surface area (Å²) in [5.41, 5.74) is 3.60. The van der Waals surface area contributed by atoms with Gasteiger partial charge in [-0.15, -0.1) is 0 Å². The normalized spacial score (nSPS) is 12.9. The lowest BCUT2D eigenvalue weighted by Crippen LogP contribution is -2.20. The number of hydrogen-bond donors (Lipinski definition) is 2. The lowest BCUT2D eigenvalue weighted by Gasteiger charge is -2.12. The minimum absolute atomic E-state index is 0.0939. The predicted molar refractivity (Wildman–Crippen MR) is 139 cm³/mol. The molecule has 180 valence electrons. The van der Waals surface area contributed by atoms with Crippen molar-refractivity contribution in [1.82, 2.24) is 0 Å². The molecule has 2 aromatic rings. The van der Waals surface area contributed by atoms with Crippen LogP contribution in [0.2, 0.25) is 0 Å². The minimum atomic E-state index is -0.929. The summed E-state index contributed by atoms with van der Waals surface area (Å²) in [4.78, 5) is 21.1. The number of ketones is 1. The molecule has 2 rings (SSSR count). The zero-order valence-corrected chi connectivity index (χ0v) is 20.6. The second-order valence-electron chi connectivity index (χ2n) is 7.85. The van der Waals surface area contributed by atoms with Crippen LogP contribution in [0.15, 0.2) is 58.8 Å². The van der Waals surface area contributed by atoms with Crippen LogP contribution in [0.1, 0.15) is 62.0 Å². The fourth-order valence-electron chi connectivity index (χ4n) is 3.29. The van der Waals surface area contributed by atoms with Gasteiger partial charge in [-0.1, -0.05) is 13.0 Å². The van der Waals surface area contributed by atoms with Gasteiger partial charge >= 0.3 is 0 Å². The van der Waals surface area contributed by atoms with Gasteiger partial charge in [-0.2, -0.15) is 0 Å². The molecule has 2 N–H and O–H groups in total. The molecule has 5 nitrogen and oxygen atoms in total. The predicted octanol–water partition coefficient (Wildman–Crippen LogP) is 7.16. The van der Waals surface area contributed by atoms with Gasteiger partial charge < -0.3 is 10.6 Å². The Morgan fingerprint density at radius 1 is 1.06 bits per heavy atom. The highest BCUT2D eigenvalue weighted by molar-refractivity contribution is 6.45. The molecule has 0 amide bonds. The number of nitrogens with one attached hydrogen (secondary N) is 2. The molecule has 0 aromatic heterocycles. The summed E-state index contributed by atoms with van der Waals surface area (Å²) in [7, 11) is 1.53. The Morgan fingerprint density at radius 3 is 2.38 bits per heavy atom. The number of Topliss-reactive ketones (excluding diaryl/α,β-unsaturated/α-hetero) is 1. The van der Waals surface area contributed by atoms with E-state index in [2.05, 4.69) is 20.6 Å². The van der Waals surface area contributed by atoms with E-state index in [4.69, 9.17) is 0 Å². The number of halogens is 2. The van der Waals surface area contributed by atoms with Crippen LogP contribution >= 0.6 is 0 Å². The maximum atomic E-state index is 14.4. The smallest absolute Gasteiger partial charge is 0.182 e. The summed E-state index contributed by atoms with van der Waals surface area (Å²) in [6.07, 6.45) is 6.22. The summed E-state index contributed by atoms with van der Waals surface area (Å²) in [6.45, 7) is 9.16. The molecule has 0 aliphatic carbocycles. The van der Waals surface area contributed by atoms with Crippen molar-refractivity contribution in [2.75, 3.05) is 17.7 Å². The van der Waals surface area contributed by atoms with Crippen LogP contribution in [0.3, 0.4) is 0 Å². The molecule has 0 aliphatic heterocycles. The van der Waals surface area contributed by atoms with Crippen molar-refractivity contribution in [3.05, 3.63) is 77.1 Å². The molecule has 0 saturated carbocycles. The summed E-state index contributed by atoms with van der Waals surface area (Å²) in [5.74, 6) is -1.24. The van der Waals surface area contributed by atoms with Crippen LogP contribution in [0, 0.1) is 18.6 Å². The summed E-state index contributed by atoms with van der Waals surface area (Å²) in [6, 6.07) is 8.53. The molecule has 0 radical (unpaired) electrons. The number of benzene rings is 2. The van der Waals surface area contributed by atoms with Crippen molar-refractivity contribution >= 4 is 34.3 Å². The summed E-state index contributed by atoms with van der Waals surface area (Å²) in [5, 5.41) is 5.86. The SMILES string of the molecule is C/C=C\N=C(Nc1ccc(C(=O)CCC)c(C)c1)C(C)=N/C=C(\C)c1ccc(NC)c(F)c1F. The van der Waals surface area contributed by atoms with Crippen molar-refractivity contribution in [3.8, 4) is 0 Å². The third kappa shape index (κ3) is 6.70. The van der Waals surface area contributed by atoms with Gasteiger partial charge in [-0.25, -0.2) is 13.8 Å². The number of anilines is 2. The average molecular weight is 467 g/mol. The van der Waals surface area contributed by atoms with E-state index in [-0.39, 0.29) is 17.0 Å². The molecule has 2 aromatic carbocycles. The number of allylic oxidation sites excluding steroid dienone is 2. The molecule has 7 heteroatoms. The molecule has 0 aliphatic rings. The van der Waals surface area contributed by atoms with E-state index in [0.29, 0.717) is 29.1 Å². The monoisotopic (exact) mass is 466 g/mol. The van der Waals surface area contributed by atoms with Crippen LogP contribution in [-0.2, 0) is 0 Å². The Bertz CT molecular complexity index is 1160. The van der Waals surface area contributed by atoms with Gasteiger partial charge in [0.25, 0.3) is 0 Å². The first kappa shape index (κ1) is 26.6. The third-order valence-corrected chi connectivity index (χ3v) is 5.19. The number of nitrogens with zero attached hydrogens (tertiary/aromatic N) is 2. The fourth-order valence-corrected chi connectivity index (χ4v) is 3.29. The third-order valence-electron chi connectivity index (χ3n) is 5.19. The number of aryl methyl sites for hydroxylation is 1. The van der Waals surface area contributed by atoms with E-state index in [0.717, 1.165) is 17.7 Å². The van der Waals surface area contributed by atoms with Crippen LogP contribution in [0.25, 0.3) is 5.57 Å². The van der Waals surface area contributed by atoms with Gasteiger partial charge in [0.05, 0.1) is 11.4 Å². The minimum Gasteiger partial charge on any atom is -0.386 e. The van der Waals surface area contributed by atoms with Crippen LogP contribution in [0.4, 0.5) is 20.2 Å². The van der Waals surface area contributed by atoms with Crippen molar-refractivity contribution in [2.24, 2.45) is 9.98 Å². The van der Waals surface area contributed by atoms with E-state index in [1.54, 1.807) is 26.1 Å². The Balaban J connectivity index is 2.33. The van der Waals surface area contributed by atoms with Gasteiger partial charge in [0, 0.05) is 42.7 Å². The van der Waals surface area contributed by atoms with Gasteiger partial charge in [0.2, 0.25) is 0 Å². The standard InChI is InChI=1S/C27H32F2N4O/c1-7-9-24(34)21-11-10-20(15-17(21)3)33-27(31-14-8-2)19(5)32-16-18(4)22-12-13-23(30-6)26(29)25(22)28/h8,10-16,30H,7,9H2,1-6H3,(H,31,33)/b14-8-,18-16+,32-19?. The number of amidine groups is 1. The van der Waals surface area contributed by atoms with Gasteiger partial charge in [-0.05, 0) is 75.6 Å². The molecule has 34 heavy (non-hydrogen) atoms. The van der Waals surface area contributed by atoms with E-state index >= 15 is 0 Å². The molecule has 0 heterocycles. The lowest BCUT2D eigenvalue weighted by molar-refractivity contribution is 0.0981. The van der Waals surface area contributed by atoms with E-state index < -0.39 is 11.6 Å². The highest BCUT2D eigenvalue weighted by Gasteiger charge is 2.14. The average Bonchev–Trinajstić information content (AvgIpc) is 2.81. The zero-order valence-electron chi connectivity index (χ0n) is 20.6. The molecule has 0 saturated heterocycles. The van der Waals surface area contributed by atoms with Gasteiger partial charge in [0.15, 0.2) is 23.3 Å². The summed E-state index contributed by atoms with van der Waals surface area (Å²) < 4.78 is 28.6. The first-order valence-electron chi connectivity index (χ1n) is 11.2. The number of carbonyl (C=O) groups excluding carboxylic acids is 1. The molecule has 0 unspecified atom stereocenters. The van der Waals surface area contributed by atoms with Crippen LogP contribution < -0.4 is 10.6 Å². The molecule has 0 fully saturated rings. The van der Waals surface area contributed by atoms with E-state index in [9.17, 15) is 13.6 Å². The van der Waals surface area contributed by atoms with Gasteiger partial charge in [-0.3, -0.25) is 9.79 Å². The van der Waals surface area contributed by atoms with Crippen LogP contribution in [0.5, 0.6) is 0 Å². The number of rotatable bonds is 9.